The molecule has 0 aromatic rings. The van der Waals surface area contributed by atoms with Crippen molar-refractivity contribution in [1.82, 2.24) is 0 Å². The second-order valence-electron chi connectivity index (χ2n) is 3.35. The molecule has 0 heterocycles. The Morgan fingerprint density at radius 1 is 1.15 bits per heavy atom. The van der Waals surface area contributed by atoms with Gasteiger partial charge in [0, 0.05) is 0 Å². The first-order chi connectivity index (χ1) is 6.16. The number of hydrogen-bond acceptors (Lipinski definition) is 1. The zero-order chi connectivity index (χ0) is 10.1. The molecule has 0 unspecified atom stereocenters. The van der Waals surface area contributed by atoms with Gasteiger partial charge in [-0.05, 0) is 39.7 Å². The van der Waals surface area contributed by atoms with Crippen LogP contribution in [0.3, 0.4) is 0 Å². The van der Waals surface area contributed by atoms with E-state index in [-0.39, 0.29) is 0 Å². The van der Waals surface area contributed by atoms with E-state index in [9.17, 15) is 4.79 Å². The van der Waals surface area contributed by atoms with Crippen LogP contribution in [0.1, 0.15) is 33.6 Å². The van der Waals surface area contributed by atoms with Crippen LogP contribution in [-0.4, -0.2) is 6.29 Å². The fourth-order valence-corrected chi connectivity index (χ4v) is 0.937. The second kappa shape index (κ2) is 7.53. The van der Waals surface area contributed by atoms with Gasteiger partial charge in [0.15, 0.2) is 0 Å². The normalized spacial score (nSPS) is 11.8. The lowest BCUT2D eigenvalue weighted by Gasteiger charge is -1.95. The maximum Gasteiger partial charge on any atom is 0.142 e. The molecule has 72 valence electrons. The van der Waals surface area contributed by atoms with Crippen LogP contribution in [0.4, 0.5) is 0 Å². The number of carbonyl (C=O) groups excluding carboxylic acids is 1. The highest BCUT2D eigenvalue weighted by Gasteiger charge is 1.86. The minimum Gasteiger partial charge on any atom is -0.299 e. The Morgan fingerprint density at radius 2 is 1.85 bits per heavy atom. The molecule has 0 radical (unpaired) electrons. The van der Waals surface area contributed by atoms with Gasteiger partial charge in [-0.2, -0.15) is 0 Å². The Hall–Kier alpha value is -1.11. The van der Waals surface area contributed by atoms with Gasteiger partial charge in [-0.15, -0.1) is 0 Å². The molecule has 0 aliphatic carbocycles. The first kappa shape index (κ1) is 11.9. The Labute approximate surface area is 80.8 Å². The smallest absolute Gasteiger partial charge is 0.142 e. The van der Waals surface area contributed by atoms with Crippen LogP contribution in [0.5, 0.6) is 0 Å². The van der Waals surface area contributed by atoms with E-state index < -0.39 is 0 Å². The first-order valence-corrected chi connectivity index (χ1v) is 4.57. The highest BCUT2D eigenvalue weighted by molar-refractivity contribution is 5.65. The zero-order valence-corrected chi connectivity index (χ0v) is 8.71. The number of aldehydes is 1. The van der Waals surface area contributed by atoms with E-state index in [4.69, 9.17) is 0 Å². The average molecular weight is 178 g/mol. The zero-order valence-electron chi connectivity index (χ0n) is 8.71. The molecule has 1 heteroatoms. The van der Waals surface area contributed by atoms with E-state index in [1.807, 2.05) is 6.08 Å². The van der Waals surface area contributed by atoms with E-state index in [0.717, 1.165) is 19.1 Å². The van der Waals surface area contributed by atoms with Crippen LogP contribution in [-0.2, 0) is 4.79 Å². The van der Waals surface area contributed by atoms with Gasteiger partial charge in [0.05, 0.1) is 0 Å². The molecule has 13 heavy (non-hydrogen) atoms. The summed E-state index contributed by atoms with van der Waals surface area (Å²) in [6.45, 7) is 6.28. The third kappa shape index (κ3) is 8.80. The van der Waals surface area contributed by atoms with Crippen LogP contribution >= 0.6 is 0 Å². The van der Waals surface area contributed by atoms with Gasteiger partial charge in [0.1, 0.15) is 6.29 Å². The standard InChI is InChI=1S/C12H18O/c1-11(2)7-6-9-12(3)8-4-5-10-13/h4-5,7-8,10H,6,9H2,1-3H3/b5-4+,12-8+. The van der Waals surface area contributed by atoms with E-state index in [2.05, 4.69) is 26.8 Å². The summed E-state index contributed by atoms with van der Waals surface area (Å²) in [5.74, 6) is 0. The minimum atomic E-state index is 0.792. The van der Waals surface area contributed by atoms with Crippen molar-refractivity contribution in [3.05, 3.63) is 35.5 Å². The van der Waals surface area contributed by atoms with Crippen molar-refractivity contribution in [3.63, 3.8) is 0 Å². The summed E-state index contributed by atoms with van der Waals surface area (Å²) >= 11 is 0. The molecule has 0 spiro atoms. The van der Waals surface area contributed by atoms with Crippen LogP contribution in [0.2, 0.25) is 0 Å². The molecule has 0 saturated heterocycles. The summed E-state index contributed by atoms with van der Waals surface area (Å²) in [5, 5.41) is 0. The van der Waals surface area contributed by atoms with Gasteiger partial charge >= 0.3 is 0 Å². The van der Waals surface area contributed by atoms with Crippen LogP contribution in [0, 0.1) is 0 Å². The minimum absolute atomic E-state index is 0.792. The van der Waals surface area contributed by atoms with Crippen molar-refractivity contribution in [2.24, 2.45) is 0 Å². The summed E-state index contributed by atoms with van der Waals surface area (Å²) in [5.41, 5.74) is 2.66. The lowest BCUT2D eigenvalue weighted by molar-refractivity contribution is -0.104. The topological polar surface area (TPSA) is 17.1 Å². The van der Waals surface area contributed by atoms with E-state index in [0.29, 0.717) is 0 Å². The lowest BCUT2D eigenvalue weighted by atomic mass is 10.1. The largest absolute Gasteiger partial charge is 0.299 e. The molecule has 0 fully saturated rings. The number of carbonyl (C=O) groups is 1. The van der Waals surface area contributed by atoms with Gasteiger partial charge in [-0.1, -0.05) is 29.4 Å². The highest BCUT2D eigenvalue weighted by Crippen LogP contribution is 2.06. The van der Waals surface area contributed by atoms with Gasteiger partial charge in [0.2, 0.25) is 0 Å². The summed E-state index contributed by atoms with van der Waals surface area (Å²) in [4.78, 5) is 9.96. The molecule has 0 amide bonds. The molecule has 0 saturated carbocycles. The van der Waals surface area contributed by atoms with Crippen molar-refractivity contribution >= 4 is 6.29 Å². The molecular formula is C12H18O. The Kier molecular flexibility index (Phi) is 6.89. The van der Waals surface area contributed by atoms with Gasteiger partial charge < -0.3 is 0 Å². The van der Waals surface area contributed by atoms with Crippen molar-refractivity contribution in [2.75, 3.05) is 0 Å². The van der Waals surface area contributed by atoms with Gasteiger partial charge in [-0.3, -0.25) is 4.79 Å². The molecular weight excluding hydrogens is 160 g/mol. The van der Waals surface area contributed by atoms with Gasteiger partial charge in [0.25, 0.3) is 0 Å². The van der Waals surface area contributed by atoms with Crippen LogP contribution in [0.25, 0.3) is 0 Å². The van der Waals surface area contributed by atoms with E-state index in [1.54, 1.807) is 6.08 Å². The number of rotatable bonds is 5. The van der Waals surface area contributed by atoms with Crippen molar-refractivity contribution in [3.8, 4) is 0 Å². The second-order valence-corrected chi connectivity index (χ2v) is 3.35. The fraction of sp³-hybridized carbons (Fsp3) is 0.417. The molecule has 0 rings (SSSR count). The quantitative estimate of drug-likeness (QED) is 0.273. The Morgan fingerprint density at radius 3 is 2.38 bits per heavy atom. The molecule has 0 aliphatic heterocycles. The third-order valence-electron chi connectivity index (χ3n) is 1.66. The first-order valence-electron chi connectivity index (χ1n) is 4.57. The SMILES string of the molecule is CC(C)=CCC/C(C)=C/C=C/C=O. The molecule has 0 bridgehead atoms. The summed E-state index contributed by atoms with van der Waals surface area (Å²) in [7, 11) is 0. The fourth-order valence-electron chi connectivity index (χ4n) is 0.937. The van der Waals surface area contributed by atoms with Crippen molar-refractivity contribution in [2.45, 2.75) is 33.6 Å². The van der Waals surface area contributed by atoms with Crippen LogP contribution in [0.15, 0.2) is 35.5 Å². The monoisotopic (exact) mass is 178 g/mol. The third-order valence-corrected chi connectivity index (χ3v) is 1.66. The van der Waals surface area contributed by atoms with E-state index in [1.165, 1.54) is 17.2 Å². The van der Waals surface area contributed by atoms with Crippen LogP contribution < -0.4 is 0 Å². The lowest BCUT2D eigenvalue weighted by Crippen LogP contribution is -1.75. The average Bonchev–Trinajstić information content (AvgIpc) is 2.04. The summed E-state index contributed by atoms with van der Waals surface area (Å²) in [6, 6.07) is 0. The molecule has 0 atom stereocenters. The molecule has 0 aromatic heterocycles. The predicted molar refractivity (Wildman–Crippen MR) is 57.6 cm³/mol. The Bertz CT molecular complexity index is 228. The van der Waals surface area contributed by atoms with E-state index >= 15 is 0 Å². The highest BCUT2D eigenvalue weighted by atomic mass is 16.1. The maximum absolute atomic E-state index is 9.96. The maximum atomic E-state index is 9.96. The molecule has 0 N–H and O–H groups in total. The van der Waals surface area contributed by atoms with Crippen molar-refractivity contribution < 1.29 is 4.79 Å². The van der Waals surface area contributed by atoms with Crippen molar-refractivity contribution in [1.29, 1.82) is 0 Å². The molecule has 0 aliphatic rings. The summed E-state index contributed by atoms with van der Waals surface area (Å²) in [6.07, 6.45) is 10.4. The Balaban J connectivity index is 3.79. The molecule has 0 aromatic carbocycles. The predicted octanol–water partition coefficient (Wildman–Crippen LogP) is 3.43. The number of allylic oxidation sites excluding steroid dienone is 6. The van der Waals surface area contributed by atoms with Gasteiger partial charge in [-0.25, -0.2) is 0 Å². The molecule has 1 nitrogen and oxygen atoms in total. The number of hydrogen-bond donors (Lipinski definition) is 0. The summed E-state index contributed by atoms with van der Waals surface area (Å²) < 4.78 is 0.